The molecule has 3 aromatic rings. The quantitative estimate of drug-likeness (QED) is 0.459. The number of fused-ring (bicyclic) bond motifs is 1. The molecule has 0 radical (unpaired) electrons. The predicted molar refractivity (Wildman–Crippen MR) is 140 cm³/mol. The molecule has 0 fully saturated rings. The van der Waals surface area contributed by atoms with Crippen molar-refractivity contribution < 1.29 is 14.4 Å². The number of aromatic nitrogens is 2. The van der Waals surface area contributed by atoms with Crippen molar-refractivity contribution in [3.63, 3.8) is 0 Å². The first-order chi connectivity index (χ1) is 17.2. The van der Waals surface area contributed by atoms with Gasteiger partial charge in [0.05, 0.1) is 6.54 Å². The molecule has 0 saturated heterocycles. The van der Waals surface area contributed by atoms with Gasteiger partial charge in [-0.25, -0.2) is 0 Å². The molecule has 3 amide bonds. The van der Waals surface area contributed by atoms with Gasteiger partial charge in [-0.05, 0) is 49.8 Å². The lowest BCUT2D eigenvalue weighted by atomic mass is 9.95. The lowest BCUT2D eigenvalue weighted by molar-refractivity contribution is -0.132. The van der Waals surface area contributed by atoms with Crippen LogP contribution in [-0.2, 0) is 24.3 Å². The van der Waals surface area contributed by atoms with E-state index in [0.29, 0.717) is 25.2 Å². The minimum absolute atomic E-state index is 0.152. The highest BCUT2D eigenvalue weighted by Gasteiger charge is 2.46. The van der Waals surface area contributed by atoms with Crippen LogP contribution in [0.25, 0.3) is 0 Å². The standard InChI is InChI=1S/C27H31N5O3S/c1-18-5-7-20(8-6-18)16-29-26(35)27(2)17-32-23(25(34)31(27)3)15-22(30-32)24(33)28-14-13-19-9-11-21(36-4)12-10-19/h5-12,15H,13-14,16-17H2,1-4H3,(H,28,33)(H,29,35). The van der Waals surface area contributed by atoms with Gasteiger partial charge in [0.2, 0.25) is 5.91 Å². The van der Waals surface area contributed by atoms with Crippen LogP contribution in [0.2, 0.25) is 0 Å². The van der Waals surface area contributed by atoms with E-state index in [1.54, 1.807) is 25.7 Å². The van der Waals surface area contributed by atoms with E-state index < -0.39 is 5.54 Å². The van der Waals surface area contributed by atoms with E-state index in [4.69, 9.17) is 0 Å². The molecule has 1 atom stereocenters. The molecule has 1 aliphatic rings. The summed E-state index contributed by atoms with van der Waals surface area (Å²) < 4.78 is 1.46. The number of amides is 3. The van der Waals surface area contributed by atoms with Crippen molar-refractivity contribution >= 4 is 29.5 Å². The predicted octanol–water partition coefficient (Wildman–Crippen LogP) is 3.05. The molecule has 2 N–H and O–H groups in total. The van der Waals surface area contributed by atoms with Gasteiger partial charge in [0.15, 0.2) is 5.69 Å². The van der Waals surface area contributed by atoms with Crippen LogP contribution < -0.4 is 10.6 Å². The second-order valence-electron chi connectivity index (χ2n) is 9.23. The Morgan fingerprint density at radius 3 is 2.39 bits per heavy atom. The van der Waals surface area contributed by atoms with E-state index in [-0.39, 0.29) is 30.0 Å². The maximum absolute atomic E-state index is 13.2. The number of nitrogens with zero attached hydrogens (tertiary/aromatic N) is 3. The smallest absolute Gasteiger partial charge is 0.272 e. The Bertz CT molecular complexity index is 1270. The number of aryl methyl sites for hydroxylation is 1. The first-order valence-corrected chi connectivity index (χ1v) is 13.0. The van der Waals surface area contributed by atoms with Crippen LogP contribution in [-0.4, -0.2) is 57.8 Å². The van der Waals surface area contributed by atoms with Crippen molar-refractivity contribution in [1.82, 2.24) is 25.3 Å². The summed E-state index contributed by atoms with van der Waals surface area (Å²) in [6.07, 6.45) is 2.72. The maximum atomic E-state index is 13.2. The SMILES string of the molecule is CSc1ccc(CCNC(=O)c2cc3n(n2)CC(C)(C(=O)NCc2ccc(C)cc2)N(C)C3=O)cc1. The minimum Gasteiger partial charge on any atom is -0.350 e. The van der Waals surface area contributed by atoms with Crippen LogP contribution >= 0.6 is 11.8 Å². The largest absolute Gasteiger partial charge is 0.350 e. The first-order valence-electron chi connectivity index (χ1n) is 11.8. The molecule has 188 valence electrons. The number of carbonyl (C=O) groups excluding carboxylic acids is 3. The Hall–Kier alpha value is -3.59. The average Bonchev–Trinajstić information content (AvgIpc) is 3.31. The lowest BCUT2D eigenvalue weighted by Crippen LogP contribution is -2.62. The van der Waals surface area contributed by atoms with Crippen LogP contribution in [0.1, 0.15) is 44.6 Å². The maximum Gasteiger partial charge on any atom is 0.272 e. The van der Waals surface area contributed by atoms with Gasteiger partial charge in [-0.2, -0.15) is 5.10 Å². The number of hydrogen-bond acceptors (Lipinski definition) is 5. The van der Waals surface area contributed by atoms with Crippen molar-refractivity contribution in [2.45, 2.75) is 43.8 Å². The summed E-state index contributed by atoms with van der Waals surface area (Å²) in [4.78, 5) is 41.6. The Balaban J connectivity index is 1.40. The summed E-state index contributed by atoms with van der Waals surface area (Å²) in [5.74, 6) is -0.980. The van der Waals surface area contributed by atoms with Crippen molar-refractivity contribution in [2.24, 2.45) is 0 Å². The number of carbonyl (C=O) groups is 3. The fraction of sp³-hybridized carbons (Fsp3) is 0.333. The highest BCUT2D eigenvalue weighted by Crippen LogP contribution is 2.26. The number of rotatable bonds is 8. The lowest BCUT2D eigenvalue weighted by Gasteiger charge is -2.40. The van der Waals surface area contributed by atoms with Gasteiger partial charge in [-0.1, -0.05) is 42.0 Å². The minimum atomic E-state index is -1.14. The van der Waals surface area contributed by atoms with Crippen molar-refractivity contribution in [3.8, 4) is 0 Å². The van der Waals surface area contributed by atoms with Gasteiger partial charge in [0.25, 0.3) is 11.8 Å². The van der Waals surface area contributed by atoms with Crippen LogP contribution in [0, 0.1) is 6.92 Å². The van der Waals surface area contributed by atoms with E-state index in [1.807, 2.05) is 49.6 Å². The zero-order valence-corrected chi connectivity index (χ0v) is 21.8. The molecule has 1 unspecified atom stereocenters. The summed E-state index contributed by atoms with van der Waals surface area (Å²) in [6.45, 7) is 4.68. The van der Waals surface area contributed by atoms with Crippen LogP contribution in [0.4, 0.5) is 0 Å². The Morgan fingerprint density at radius 1 is 1.06 bits per heavy atom. The van der Waals surface area contributed by atoms with Crippen LogP contribution in [0.5, 0.6) is 0 Å². The molecule has 2 aromatic carbocycles. The topological polar surface area (TPSA) is 96.3 Å². The summed E-state index contributed by atoms with van der Waals surface area (Å²) in [5.41, 5.74) is 2.55. The molecule has 0 aliphatic carbocycles. The monoisotopic (exact) mass is 505 g/mol. The van der Waals surface area contributed by atoms with E-state index >= 15 is 0 Å². The van der Waals surface area contributed by atoms with Crippen LogP contribution in [0.3, 0.4) is 0 Å². The third-order valence-corrected chi connectivity index (χ3v) is 7.40. The van der Waals surface area contributed by atoms with Gasteiger partial charge >= 0.3 is 0 Å². The third-order valence-electron chi connectivity index (χ3n) is 6.66. The molecule has 36 heavy (non-hydrogen) atoms. The summed E-state index contributed by atoms with van der Waals surface area (Å²) in [6, 6.07) is 17.6. The molecule has 0 spiro atoms. The molecule has 4 rings (SSSR count). The molecule has 0 saturated carbocycles. The van der Waals surface area contributed by atoms with Gasteiger partial charge in [-0.3, -0.25) is 19.1 Å². The third kappa shape index (κ3) is 5.31. The highest BCUT2D eigenvalue weighted by atomic mass is 32.2. The zero-order chi connectivity index (χ0) is 25.9. The van der Waals surface area contributed by atoms with E-state index in [1.165, 1.54) is 20.5 Å². The molecule has 9 heteroatoms. The zero-order valence-electron chi connectivity index (χ0n) is 21.0. The number of nitrogens with one attached hydrogen (secondary N) is 2. The van der Waals surface area contributed by atoms with Crippen molar-refractivity contribution in [2.75, 3.05) is 19.8 Å². The highest BCUT2D eigenvalue weighted by molar-refractivity contribution is 7.98. The first kappa shape index (κ1) is 25.5. The van der Waals surface area contributed by atoms with E-state index in [0.717, 1.165) is 16.7 Å². The fourth-order valence-corrected chi connectivity index (χ4v) is 4.53. The molecule has 8 nitrogen and oxygen atoms in total. The average molecular weight is 506 g/mol. The number of benzene rings is 2. The summed E-state index contributed by atoms with van der Waals surface area (Å²) >= 11 is 1.68. The molecule has 1 aliphatic heterocycles. The van der Waals surface area contributed by atoms with E-state index in [9.17, 15) is 14.4 Å². The van der Waals surface area contributed by atoms with E-state index in [2.05, 4.69) is 27.9 Å². The van der Waals surface area contributed by atoms with Gasteiger partial charge in [-0.15, -0.1) is 11.8 Å². The Labute approximate surface area is 215 Å². The molecule has 2 heterocycles. The van der Waals surface area contributed by atoms with Gasteiger partial charge in [0.1, 0.15) is 11.2 Å². The molecular formula is C27H31N5O3S. The van der Waals surface area contributed by atoms with Gasteiger partial charge < -0.3 is 15.5 Å². The Kier molecular flexibility index (Phi) is 7.49. The normalized spacial score (nSPS) is 17.0. The fourth-order valence-electron chi connectivity index (χ4n) is 4.12. The van der Waals surface area contributed by atoms with Crippen molar-refractivity contribution in [3.05, 3.63) is 82.7 Å². The molecule has 1 aromatic heterocycles. The number of hydrogen-bond donors (Lipinski definition) is 2. The molecular weight excluding hydrogens is 474 g/mol. The number of thioether (sulfide) groups is 1. The number of likely N-dealkylation sites (N-methyl/N-ethyl adjacent to an activating group) is 1. The summed E-state index contributed by atoms with van der Waals surface area (Å²) in [7, 11) is 1.60. The second-order valence-corrected chi connectivity index (χ2v) is 10.1. The van der Waals surface area contributed by atoms with Crippen molar-refractivity contribution in [1.29, 1.82) is 0 Å². The van der Waals surface area contributed by atoms with Crippen LogP contribution in [0.15, 0.2) is 59.5 Å². The summed E-state index contributed by atoms with van der Waals surface area (Å²) in [5, 5.41) is 10.2. The Morgan fingerprint density at radius 2 is 1.72 bits per heavy atom. The second kappa shape index (κ2) is 10.6. The molecule has 0 bridgehead atoms. The van der Waals surface area contributed by atoms with Gasteiger partial charge in [0, 0.05) is 31.1 Å².